The van der Waals surface area contributed by atoms with E-state index in [2.05, 4.69) is 16.2 Å². The summed E-state index contributed by atoms with van der Waals surface area (Å²) < 4.78 is 0. The van der Waals surface area contributed by atoms with E-state index < -0.39 is 11.8 Å². The lowest BCUT2D eigenvalue weighted by Gasteiger charge is -2.09. The molecule has 0 bridgehead atoms. The SMILES string of the molecule is Cc1ccc(/C=C/C(=O)NNC(=O)CCC(=O)Nc2cc(C)ccc2C)cc1. The van der Waals surface area contributed by atoms with Gasteiger partial charge in [-0.25, -0.2) is 0 Å². The highest BCUT2D eigenvalue weighted by Crippen LogP contribution is 2.16. The van der Waals surface area contributed by atoms with Crippen molar-refractivity contribution in [1.82, 2.24) is 10.9 Å². The van der Waals surface area contributed by atoms with Gasteiger partial charge in [-0.05, 0) is 49.6 Å². The maximum Gasteiger partial charge on any atom is 0.262 e. The topological polar surface area (TPSA) is 87.3 Å². The van der Waals surface area contributed by atoms with E-state index in [1.54, 1.807) is 6.08 Å². The van der Waals surface area contributed by atoms with Crippen molar-refractivity contribution in [1.29, 1.82) is 0 Å². The van der Waals surface area contributed by atoms with Gasteiger partial charge in [0.15, 0.2) is 0 Å². The number of amides is 3. The predicted molar refractivity (Wildman–Crippen MR) is 110 cm³/mol. The van der Waals surface area contributed by atoms with Crippen molar-refractivity contribution in [2.24, 2.45) is 0 Å². The largest absolute Gasteiger partial charge is 0.326 e. The number of rotatable bonds is 6. The van der Waals surface area contributed by atoms with E-state index in [9.17, 15) is 14.4 Å². The van der Waals surface area contributed by atoms with Gasteiger partial charge in [-0.2, -0.15) is 0 Å². The van der Waals surface area contributed by atoms with E-state index >= 15 is 0 Å². The van der Waals surface area contributed by atoms with Crippen LogP contribution in [0.4, 0.5) is 5.69 Å². The first-order chi connectivity index (χ1) is 13.3. The fourth-order valence-corrected chi connectivity index (χ4v) is 2.40. The molecule has 0 unspecified atom stereocenters. The van der Waals surface area contributed by atoms with Gasteiger partial charge >= 0.3 is 0 Å². The summed E-state index contributed by atoms with van der Waals surface area (Å²) >= 11 is 0. The molecule has 0 saturated heterocycles. The molecule has 2 aromatic carbocycles. The standard InChI is InChI=1S/C22H25N3O3/c1-15-5-8-18(9-6-15)10-11-21(27)24-25-22(28)13-12-20(26)23-19-14-16(2)4-7-17(19)3/h4-11,14H,12-13H2,1-3H3,(H,23,26)(H,24,27)(H,25,28)/b11-10+. The zero-order chi connectivity index (χ0) is 20.5. The van der Waals surface area contributed by atoms with Crippen molar-refractivity contribution >= 4 is 29.5 Å². The van der Waals surface area contributed by atoms with Crippen LogP contribution in [-0.4, -0.2) is 17.7 Å². The lowest BCUT2D eigenvalue weighted by molar-refractivity contribution is -0.128. The van der Waals surface area contributed by atoms with Crippen molar-refractivity contribution in [3.63, 3.8) is 0 Å². The molecule has 0 aliphatic rings. The van der Waals surface area contributed by atoms with Crippen LogP contribution in [0.15, 0.2) is 48.5 Å². The summed E-state index contributed by atoms with van der Waals surface area (Å²) in [7, 11) is 0. The number of aryl methyl sites for hydroxylation is 3. The minimum Gasteiger partial charge on any atom is -0.326 e. The highest BCUT2D eigenvalue weighted by molar-refractivity contribution is 5.95. The third-order valence-electron chi connectivity index (χ3n) is 4.08. The molecule has 0 saturated carbocycles. The third kappa shape index (κ3) is 7.07. The molecule has 6 nitrogen and oxygen atoms in total. The first-order valence-electron chi connectivity index (χ1n) is 9.04. The van der Waals surface area contributed by atoms with Crippen LogP contribution in [-0.2, 0) is 14.4 Å². The number of hydrogen-bond donors (Lipinski definition) is 3. The number of anilines is 1. The van der Waals surface area contributed by atoms with Crippen molar-refractivity contribution in [2.75, 3.05) is 5.32 Å². The maximum absolute atomic E-state index is 12.0. The fraction of sp³-hybridized carbons (Fsp3) is 0.227. The van der Waals surface area contributed by atoms with Crippen LogP contribution in [0, 0.1) is 20.8 Å². The molecule has 3 amide bonds. The van der Waals surface area contributed by atoms with Gasteiger partial charge in [-0.1, -0.05) is 42.0 Å². The van der Waals surface area contributed by atoms with Gasteiger partial charge in [0, 0.05) is 24.6 Å². The van der Waals surface area contributed by atoms with Crippen LogP contribution in [0.1, 0.15) is 35.1 Å². The molecule has 0 atom stereocenters. The zero-order valence-corrected chi connectivity index (χ0v) is 16.3. The number of carbonyl (C=O) groups is 3. The number of hydrogen-bond acceptors (Lipinski definition) is 3. The number of hydrazine groups is 1. The molecule has 0 aliphatic heterocycles. The second-order valence-electron chi connectivity index (χ2n) is 6.65. The first-order valence-corrected chi connectivity index (χ1v) is 9.04. The van der Waals surface area contributed by atoms with E-state index in [0.29, 0.717) is 0 Å². The molecule has 0 radical (unpaired) electrons. The van der Waals surface area contributed by atoms with Gasteiger partial charge in [0.25, 0.3) is 5.91 Å². The third-order valence-corrected chi connectivity index (χ3v) is 4.08. The Labute approximate surface area is 165 Å². The molecule has 3 N–H and O–H groups in total. The Balaban J connectivity index is 1.71. The number of carbonyl (C=O) groups excluding carboxylic acids is 3. The summed E-state index contributed by atoms with van der Waals surface area (Å²) in [4.78, 5) is 35.6. The summed E-state index contributed by atoms with van der Waals surface area (Å²) in [5.41, 5.74) is 9.35. The highest BCUT2D eigenvalue weighted by Gasteiger charge is 2.09. The molecule has 6 heteroatoms. The lowest BCUT2D eigenvalue weighted by Crippen LogP contribution is -2.41. The Kier molecular flexibility index (Phi) is 7.51. The van der Waals surface area contributed by atoms with Crippen LogP contribution in [0.5, 0.6) is 0 Å². The Morgan fingerprint density at radius 1 is 0.821 bits per heavy atom. The summed E-state index contributed by atoms with van der Waals surface area (Å²) in [6.07, 6.45) is 2.98. The van der Waals surface area contributed by atoms with Gasteiger partial charge in [0.05, 0.1) is 0 Å². The van der Waals surface area contributed by atoms with Crippen molar-refractivity contribution in [3.05, 3.63) is 70.8 Å². The highest BCUT2D eigenvalue weighted by atomic mass is 16.2. The minimum atomic E-state index is -0.450. The van der Waals surface area contributed by atoms with Crippen LogP contribution >= 0.6 is 0 Å². The van der Waals surface area contributed by atoms with E-state index in [1.807, 2.05) is 63.2 Å². The predicted octanol–water partition coefficient (Wildman–Crippen LogP) is 3.19. The normalized spacial score (nSPS) is 10.5. The van der Waals surface area contributed by atoms with Gasteiger partial charge in [-0.15, -0.1) is 0 Å². The average molecular weight is 379 g/mol. The Morgan fingerprint density at radius 2 is 1.46 bits per heavy atom. The molecule has 146 valence electrons. The van der Waals surface area contributed by atoms with Crippen molar-refractivity contribution < 1.29 is 14.4 Å². The lowest BCUT2D eigenvalue weighted by atomic mass is 10.1. The van der Waals surface area contributed by atoms with Crippen LogP contribution in [0.3, 0.4) is 0 Å². The molecular weight excluding hydrogens is 354 g/mol. The second-order valence-corrected chi connectivity index (χ2v) is 6.65. The fourth-order valence-electron chi connectivity index (χ4n) is 2.40. The Hall–Kier alpha value is -3.41. The van der Waals surface area contributed by atoms with Gasteiger partial charge in [0.2, 0.25) is 11.8 Å². The van der Waals surface area contributed by atoms with E-state index in [4.69, 9.17) is 0 Å². The van der Waals surface area contributed by atoms with Crippen LogP contribution in [0.25, 0.3) is 6.08 Å². The smallest absolute Gasteiger partial charge is 0.262 e. The molecule has 0 spiro atoms. The van der Waals surface area contributed by atoms with Crippen molar-refractivity contribution in [3.8, 4) is 0 Å². The minimum absolute atomic E-state index is 0.0221. The van der Waals surface area contributed by atoms with Gasteiger partial charge < -0.3 is 5.32 Å². The molecule has 2 rings (SSSR count). The Bertz CT molecular complexity index is 886. The maximum atomic E-state index is 12.0. The summed E-state index contributed by atoms with van der Waals surface area (Å²) in [6.45, 7) is 5.83. The summed E-state index contributed by atoms with van der Waals surface area (Å²) in [5, 5.41) is 2.80. The molecule has 0 heterocycles. The average Bonchev–Trinajstić information content (AvgIpc) is 2.67. The first kappa shape index (κ1) is 20.9. The second kappa shape index (κ2) is 10.1. The monoisotopic (exact) mass is 379 g/mol. The molecule has 0 aliphatic carbocycles. The van der Waals surface area contributed by atoms with E-state index in [1.165, 1.54) is 6.08 Å². The van der Waals surface area contributed by atoms with Gasteiger partial charge in [-0.3, -0.25) is 25.2 Å². The summed E-state index contributed by atoms with van der Waals surface area (Å²) in [6, 6.07) is 13.5. The number of nitrogens with one attached hydrogen (secondary N) is 3. The van der Waals surface area contributed by atoms with Gasteiger partial charge in [0.1, 0.15) is 0 Å². The molecule has 0 aromatic heterocycles. The quantitative estimate of drug-likeness (QED) is 0.532. The van der Waals surface area contributed by atoms with E-state index in [0.717, 1.165) is 27.9 Å². The summed E-state index contributed by atoms with van der Waals surface area (Å²) in [5.74, 6) is -1.14. The van der Waals surface area contributed by atoms with Crippen LogP contribution < -0.4 is 16.2 Å². The Morgan fingerprint density at radius 3 is 2.18 bits per heavy atom. The van der Waals surface area contributed by atoms with Crippen molar-refractivity contribution in [2.45, 2.75) is 33.6 Å². The molecule has 28 heavy (non-hydrogen) atoms. The zero-order valence-electron chi connectivity index (χ0n) is 16.3. The molecular formula is C22H25N3O3. The number of benzene rings is 2. The molecule has 2 aromatic rings. The van der Waals surface area contributed by atoms with Crippen LogP contribution in [0.2, 0.25) is 0 Å². The molecule has 0 fully saturated rings. The van der Waals surface area contributed by atoms with E-state index in [-0.39, 0.29) is 18.7 Å².